The first-order valence-corrected chi connectivity index (χ1v) is 8.80. The average Bonchev–Trinajstić information content (AvgIpc) is 3.02. The van der Waals surface area contributed by atoms with Crippen molar-refractivity contribution in [3.63, 3.8) is 0 Å². The number of aryl methyl sites for hydroxylation is 2. The van der Waals surface area contributed by atoms with E-state index in [-0.39, 0.29) is 0 Å². The van der Waals surface area contributed by atoms with Crippen molar-refractivity contribution in [3.8, 4) is 16.9 Å². The summed E-state index contributed by atoms with van der Waals surface area (Å²) in [7, 11) is 1.67. The number of anilines is 1. The van der Waals surface area contributed by atoms with E-state index in [1.807, 2.05) is 67.0 Å². The van der Waals surface area contributed by atoms with Gasteiger partial charge in [-0.05, 0) is 43.2 Å². The van der Waals surface area contributed by atoms with Gasteiger partial charge in [0, 0.05) is 36.3 Å². The molecule has 27 heavy (non-hydrogen) atoms. The van der Waals surface area contributed by atoms with Crippen LogP contribution in [0.25, 0.3) is 16.8 Å². The van der Waals surface area contributed by atoms with E-state index >= 15 is 0 Å². The van der Waals surface area contributed by atoms with E-state index in [0.717, 1.165) is 45.3 Å². The Labute approximate surface area is 157 Å². The molecule has 0 atom stereocenters. The summed E-state index contributed by atoms with van der Waals surface area (Å²) in [6.45, 7) is 4.67. The number of benzene rings is 1. The molecule has 3 aromatic heterocycles. The van der Waals surface area contributed by atoms with Gasteiger partial charge in [-0.1, -0.05) is 18.2 Å². The summed E-state index contributed by atoms with van der Waals surface area (Å²) < 4.78 is 7.14. The van der Waals surface area contributed by atoms with Crippen LogP contribution in [0, 0.1) is 13.8 Å². The molecule has 0 aliphatic rings. The number of fused-ring (bicyclic) bond motifs is 1. The molecular weight excluding hydrogens is 338 g/mol. The number of ether oxygens (including phenoxy) is 1. The van der Waals surface area contributed by atoms with E-state index in [4.69, 9.17) is 14.8 Å². The highest BCUT2D eigenvalue weighted by molar-refractivity contribution is 5.81. The van der Waals surface area contributed by atoms with Crippen LogP contribution in [0.15, 0.2) is 54.9 Å². The molecule has 0 radical (unpaired) electrons. The number of nitrogens with zero attached hydrogens (tertiary/aromatic N) is 4. The van der Waals surface area contributed by atoms with Crippen molar-refractivity contribution in [2.75, 3.05) is 12.4 Å². The minimum Gasteiger partial charge on any atom is -0.497 e. The highest BCUT2D eigenvalue weighted by Crippen LogP contribution is 2.30. The van der Waals surface area contributed by atoms with Gasteiger partial charge in [0.25, 0.3) is 0 Å². The fourth-order valence-electron chi connectivity index (χ4n) is 3.16. The third-order valence-electron chi connectivity index (χ3n) is 4.47. The van der Waals surface area contributed by atoms with Gasteiger partial charge < -0.3 is 10.1 Å². The number of rotatable bonds is 5. The van der Waals surface area contributed by atoms with Gasteiger partial charge in [-0.15, -0.1) is 0 Å². The Balaban J connectivity index is 1.76. The fraction of sp³-hybridized carbons (Fsp3) is 0.190. The van der Waals surface area contributed by atoms with Gasteiger partial charge in [0.05, 0.1) is 12.8 Å². The van der Waals surface area contributed by atoms with E-state index in [1.54, 1.807) is 13.3 Å². The maximum absolute atomic E-state index is 5.26. The van der Waals surface area contributed by atoms with E-state index in [9.17, 15) is 0 Å². The van der Waals surface area contributed by atoms with E-state index in [1.165, 1.54) is 0 Å². The Hall–Kier alpha value is -3.41. The van der Waals surface area contributed by atoms with Gasteiger partial charge in [-0.3, -0.25) is 4.98 Å². The van der Waals surface area contributed by atoms with Gasteiger partial charge in [0.15, 0.2) is 5.65 Å². The first-order valence-electron chi connectivity index (χ1n) is 8.80. The highest BCUT2D eigenvalue weighted by Gasteiger charge is 2.16. The standard InChI is InChI=1S/C21H21N5O/c1-14-11-19(23-13-16-5-4-10-22-12-16)26-21(24-14)20(15(2)25-26)17-6-8-18(27-3)9-7-17/h4-12,23H,13H2,1-3H3. The number of pyridine rings is 1. The number of hydrogen-bond acceptors (Lipinski definition) is 5. The van der Waals surface area contributed by atoms with Crippen molar-refractivity contribution in [3.05, 3.63) is 71.8 Å². The van der Waals surface area contributed by atoms with Crippen LogP contribution in [0.2, 0.25) is 0 Å². The Morgan fingerprint density at radius 2 is 1.93 bits per heavy atom. The van der Waals surface area contributed by atoms with Gasteiger partial charge in [0.1, 0.15) is 11.6 Å². The van der Waals surface area contributed by atoms with Crippen LogP contribution in [0.4, 0.5) is 5.82 Å². The second-order valence-corrected chi connectivity index (χ2v) is 6.42. The molecule has 1 N–H and O–H groups in total. The van der Waals surface area contributed by atoms with Crippen LogP contribution in [0.1, 0.15) is 17.0 Å². The predicted molar refractivity (Wildman–Crippen MR) is 106 cm³/mol. The van der Waals surface area contributed by atoms with Gasteiger partial charge in [0.2, 0.25) is 0 Å². The van der Waals surface area contributed by atoms with Crippen LogP contribution >= 0.6 is 0 Å². The molecule has 0 amide bonds. The van der Waals surface area contributed by atoms with E-state index in [2.05, 4.69) is 10.3 Å². The van der Waals surface area contributed by atoms with Crippen LogP contribution < -0.4 is 10.1 Å². The molecule has 0 aliphatic carbocycles. The zero-order valence-corrected chi connectivity index (χ0v) is 15.6. The molecule has 1 aromatic carbocycles. The number of nitrogens with one attached hydrogen (secondary N) is 1. The maximum Gasteiger partial charge on any atom is 0.165 e. The summed E-state index contributed by atoms with van der Waals surface area (Å²) in [6.07, 6.45) is 3.63. The van der Waals surface area contributed by atoms with Gasteiger partial charge >= 0.3 is 0 Å². The summed E-state index contributed by atoms with van der Waals surface area (Å²) >= 11 is 0. The molecule has 0 spiro atoms. The Morgan fingerprint density at radius 3 is 2.63 bits per heavy atom. The summed E-state index contributed by atoms with van der Waals surface area (Å²) in [5, 5.41) is 8.19. The smallest absolute Gasteiger partial charge is 0.165 e. The topological polar surface area (TPSA) is 64.3 Å². The number of aromatic nitrogens is 4. The van der Waals surface area contributed by atoms with E-state index < -0.39 is 0 Å². The summed E-state index contributed by atoms with van der Waals surface area (Å²) in [5.74, 6) is 1.74. The molecule has 4 aromatic rings. The number of hydrogen-bond donors (Lipinski definition) is 1. The molecule has 0 fully saturated rings. The molecule has 0 unspecified atom stereocenters. The second-order valence-electron chi connectivity index (χ2n) is 6.42. The zero-order valence-electron chi connectivity index (χ0n) is 15.6. The van der Waals surface area contributed by atoms with Crippen LogP contribution in [0.3, 0.4) is 0 Å². The number of methoxy groups -OCH3 is 1. The van der Waals surface area contributed by atoms with Crippen LogP contribution in [-0.2, 0) is 6.54 Å². The lowest BCUT2D eigenvalue weighted by Gasteiger charge is -2.10. The van der Waals surface area contributed by atoms with Crippen LogP contribution in [0.5, 0.6) is 5.75 Å². The van der Waals surface area contributed by atoms with Crippen molar-refractivity contribution >= 4 is 11.5 Å². The van der Waals surface area contributed by atoms with Crippen molar-refractivity contribution in [2.45, 2.75) is 20.4 Å². The quantitative estimate of drug-likeness (QED) is 0.583. The van der Waals surface area contributed by atoms with E-state index in [0.29, 0.717) is 6.54 Å². The Kier molecular flexibility index (Phi) is 4.46. The Bertz CT molecular complexity index is 1070. The maximum atomic E-state index is 5.26. The Morgan fingerprint density at radius 1 is 1.11 bits per heavy atom. The first kappa shape index (κ1) is 17.0. The molecule has 4 rings (SSSR count). The predicted octanol–water partition coefficient (Wildman–Crippen LogP) is 4.03. The molecular formula is C21H21N5O. The normalized spacial score (nSPS) is 10.9. The zero-order chi connectivity index (χ0) is 18.8. The largest absolute Gasteiger partial charge is 0.497 e. The summed E-state index contributed by atoms with van der Waals surface area (Å²) in [5.41, 5.74) is 5.92. The SMILES string of the molecule is COc1ccc(-c2c(C)nn3c(NCc4cccnc4)cc(C)nc23)cc1. The second kappa shape index (κ2) is 7.07. The van der Waals surface area contributed by atoms with Gasteiger partial charge in [-0.2, -0.15) is 9.61 Å². The molecule has 3 heterocycles. The van der Waals surface area contributed by atoms with Gasteiger partial charge in [-0.25, -0.2) is 4.98 Å². The average molecular weight is 359 g/mol. The lowest BCUT2D eigenvalue weighted by atomic mass is 10.1. The molecule has 0 bridgehead atoms. The molecule has 0 saturated heterocycles. The minimum absolute atomic E-state index is 0.670. The van der Waals surface area contributed by atoms with Crippen molar-refractivity contribution in [1.29, 1.82) is 0 Å². The van der Waals surface area contributed by atoms with Crippen molar-refractivity contribution < 1.29 is 4.74 Å². The summed E-state index contributed by atoms with van der Waals surface area (Å²) in [6, 6.07) is 14.0. The third kappa shape index (κ3) is 3.33. The van der Waals surface area contributed by atoms with Crippen molar-refractivity contribution in [2.24, 2.45) is 0 Å². The highest BCUT2D eigenvalue weighted by atomic mass is 16.5. The molecule has 0 saturated carbocycles. The first-order chi connectivity index (χ1) is 13.2. The third-order valence-corrected chi connectivity index (χ3v) is 4.47. The molecule has 6 nitrogen and oxygen atoms in total. The minimum atomic E-state index is 0.670. The lowest BCUT2D eigenvalue weighted by molar-refractivity contribution is 0.415. The molecule has 136 valence electrons. The lowest BCUT2D eigenvalue weighted by Crippen LogP contribution is -2.07. The molecule has 6 heteroatoms. The fourth-order valence-corrected chi connectivity index (χ4v) is 3.16. The summed E-state index contributed by atoms with van der Waals surface area (Å²) in [4.78, 5) is 8.91. The molecule has 0 aliphatic heterocycles. The monoisotopic (exact) mass is 359 g/mol. The van der Waals surface area contributed by atoms with Crippen LogP contribution in [-0.4, -0.2) is 26.7 Å². The van der Waals surface area contributed by atoms with Crippen molar-refractivity contribution in [1.82, 2.24) is 19.6 Å².